The van der Waals surface area contributed by atoms with Crippen LogP contribution in [0.1, 0.15) is 42.5 Å². The molecular weight excluding hydrogens is 440 g/mol. The highest BCUT2D eigenvalue weighted by Crippen LogP contribution is 2.33. The maximum Gasteiger partial charge on any atom is 0.416 e. The van der Waals surface area contributed by atoms with Crippen LogP contribution in [-0.2, 0) is 12.6 Å². The fraction of sp³-hybridized carbons (Fsp3) is 0.450. The molecule has 1 aromatic heterocycles. The summed E-state index contributed by atoms with van der Waals surface area (Å²) in [5, 5.41) is 0. The van der Waals surface area contributed by atoms with E-state index < -0.39 is 29.2 Å². The molecule has 28 heavy (non-hydrogen) atoms. The molecule has 0 saturated carbocycles. The third kappa shape index (κ3) is 4.66. The molecule has 1 aliphatic heterocycles. The van der Waals surface area contributed by atoms with E-state index in [0.29, 0.717) is 17.0 Å². The molecule has 3 nitrogen and oxygen atoms in total. The second-order valence-electron chi connectivity index (χ2n) is 7.10. The number of benzene rings is 1. The van der Waals surface area contributed by atoms with Gasteiger partial charge in [-0.1, -0.05) is 15.9 Å². The fourth-order valence-corrected chi connectivity index (χ4v) is 3.82. The Morgan fingerprint density at radius 3 is 2.54 bits per heavy atom. The highest BCUT2D eigenvalue weighted by Gasteiger charge is 2.34. The second-order valence-corrected chi connectivity index (χ2v) is 8.01. The number of nitrogens with zero attached hydrogens (tertiary/aromatic N) is 2. The molecule has 8 heteroatoms. The molecule has 0 N–H and O–H groups in total. The van der Waals surface area contributed by atoms with Gasteiger partial charge < -0.3 is 9.47 Å². The summed E-state index contributed by atoms with van der Waals surface area (Å²) in [6.45, 7) is 4.28. The van der Waals surface area contributed by atoms with Gasteiger partial charge in [-0.2, -0.15) is 13.2 Å². The third-order valence-corrected chi connectivity index (χ3v) is 5.66. The van der Waals surface area contributed by atoms with Crippen LogP contribution in [0.25, 0.3) is 0 Å². The average Bonchev–Trinajstić information content (AvgIpc) is 2.58. The van der Waals surface area contributed by atoms with Gasteiger partial charge in [0.25, 0.3) is 5.56 Å². The zero-order chi connectivity index (χ0) is 20.5. The molecule has 152 valence electrons. The van der Waals surface area contributed by atoms with E-state index in [1.54, 1.807) is 6.92 Å². The van der Waals surface area contributed by atoms with Gasteiger partial charge in [0.2, 0.25) is 0 Å². The minimum Gasteiger partial charge on any atom is -0.308 e. The number of hydrogen-bond acceptors (Lipinski definition) is 2. The van der Waals surface area contributed by atoms with Crippen molar-refractivity contribution in [1.29, 1.82) is 0 Å². The number of rotatable bonds is 6. The van der Waals surface area contributed by atoms with Crippen molar-refractivity contribution in [2.45, 2.75) is 38.4 Å². The van der Waals surface area contributed by atoms with Gasteiger partial charge in [0.15, 0.2) is 0 Å². The Hall–Kier alpha value is -1.67. The average molecular weight is 461 g/mol. The first-order chi connectivity index (χ1) is 13.2. The smallest absolute Gasteiger partial charge is 0.308 e. The molecule has 0 amide bonds. The van der Waals surface area contributed by atoms with Crippen molar-refractivity contribution < 1.29 is 17.6 Å². The molecule has 1 aliphatic rings. The van der Waals surface area contributed by atoms with Crippen LogP contribution in [0.3, 0.4) is 0 Å². The quantitative estimate of drug-likeness (QED) is 0.565. The lowest BCUT2D eigenvalue weighted by molar-refractivity contribution is -0.138. The lowest BCUT2D eigenvalue weighted by Crippen LogP contribution is -2.37. The summed E-state index contributed by atoms with van der Waals surface area (Å²) in [5.41, 5.74) is -1.40. The van der Waals surface area contributed by atoms with Gasteiger partial charge in [-0.15, -0.1) is 0 Å². The largest absolute Gasteiger partial charge is 0.416 e. The first-order valence-corrected chi connectivity index (χ1v) is 9.95. The van der Waals surface area contributed by atoms with Crippen LogP contribution < -0.4 is 5.56 Å². The normalized spacial score (nSPS) is 16.1. The van der Waals surface area contributed by atoms with Crippen LogP contribution in [0.4, 0.5) is 17.6 Å². The highest BCUT2D eigenvalue weighted by molar-refractivity contribution is 9.10. The van der Waals surface area contributed by atoms with Gasteiger partial charge in [0.1, 0.15) is 5.82 Å². The summed E-state index contributed by atoms with van der Waals surface area (Å²) < 4.78 is 56.4. The van der Waals surface area contributed by atoms with Crippen LogP contribution in [0, 0.1) is 5.82 Å². The summed E-state index contributed by atoms with van der Waals surface area (Å²) >= 11 is 3.26. The Balaban J connectivity index is 1.95. The van der Waals surface area contributed by atoms with Gasteiger partial charge in [0, 0.05) is 22.3 Å². The molecule has 1 atom stereocenters. The number of aromatic nitrogens is 1. The van der Waals surface area contributed by atoms with Crippen molar-refractivity contribution in [3.63, 3.8) is 0 Å². The summed E-state index contributed by atoms with van der Waals surface area (Å²) in [4.78, 5) is 14.6. The number of alkyl halides is 3. The van der Waals surface area contributed by atoms with E-state index in [1.165, 1.54) is 29.0 Å². The predicted octanol–water partition coefficient (Wildman–Crippen LogP) is 5.02. The Labute approximate surface area is 169 Å². The van der Waals surface area contributed by atoms with Gasteiger partial charge >= 0.3 is 6.18 Å². The predicted molar refractivity (Wildman–Crippen MR) is 103 cm³/mol. The van der Waals surface area contributed by atoms with Gasteiger partial charge in [-0.3, -0.25) is 4.79 Å². The maximum atomic E-state index is 14.2. The van der Waals surface area contributed by atoms with Crippen LogP contribution in [-0.4, -0.2) is 29.1 Å². The van der Waals surface area contributed by atoms with Crippen molar-refractivity contribution in [1.82, 2.24) is 9.47 Å². The van der Waals surface area contributed by atoms with Crippen molar-refractivity contribution in [3.05, 3.63) is 67.8 Å². The molecule has 3 rings (SSSR count). The zero-order valence-electron chi connectivity index (χ0n) is 15.4. The van der Waals surface area contributed by atoms with Crippen molar-refractivity contribution in [2.75, 3.05) is 19.6 Å². The molecule has 1 aromatic carbocycles. The van der Waals surface area contributed by atoms with E-state index in [1.807, 2.05) is 0 Å². The SMILES string of the molecule is CC(c1cc(Br)ccc1F)n1cc(CCCN2CCC2)c(C(F)(F)F)cc1=O. The lowest BCUT2D eigenvalue weighted by Gasteiger charge is -2.30. The summed E-state index contributed by atoms with van der Waals surface area (Å²) in [6, 6.07) is 4.22. The fourth-order valence-electron chi connectivity index (χ4n) is 3.44. The van der Waals surface area contributed by atoms with Crippen LogP contribution in [0.2, 0.25) is 0 Å². The number of halogens is 5. The first kappa shape index (κ1) is 21.0. The molecule has 0 aliphatic carbocycles. The first-order valence-electron chi connectivity index (χ1n) is 9.16. The monoisotopic (exact) mass is 460 g/mol. The van der Waals surface area contributed by atoms with E-state index >= 15 is 0 Å². The Bertz CT molecular complexity index is 906. The third-order valence-electron chi connectivity index (χ3n) is 5.16. The van der Waals surface area contributed by atoms with Gasteiger partial charge in [-0.05, 0) is 69.6 Å². The molecule has 1 unspecified atom stereocenters. The van der Waals surface area contributed by atoms with E-state index in [4.69, 9.17) is 0 Å². The van der Waals surface area contributed by atoms with Crippen molar-refractivity contribution in [3.8, 4) is 0 Å². The summed E-state index contributed by atoms with van der Waals surface area (Å²) in [5.74, 6) is -0.512. The Morgan fingerprint density at radius 1 is 1.21 bits per heavy atom. The van der Waals surface area contributed by atoms with Crippen LogP contribution >= 0.6 is 15.9 Å². The van der Waals surface area contributed by atoms with Crippen molar-refractivity contribution >= 4 is 15.9 Å². The molecule has 2 heterocycles. The van der Waals surface area contributed by atoms with E-state index in [0.717, 1.165) is 26.1 Å². The Kier molecular flexibility index (Phi) is 6.29. The second kappa shape index (κ2) is 8.37. The topological polar surface area (TPSA) is 25.2 Å². The summed E-state index contributed by atoms with van der Waals surface area (Å²) in [7, 11) is 0. The van der Waals surface area contributed by atoms with E-state index in [9.17, 15) is 22.4 Å². The minimum absolute atomic E-state index is 0.0647. The van der Waals surface area contributed by atoms with Gasteiger partial charge in [0.05, 0.1) is 11.6 Å². The molecule has 2 aromatic rings. The van der Waals surface area contributed by atoms with Crippen LogP contribution in [0.5, 0.6) is 0 Å². The highest BCUT2D eigenvalue weighted by atomic mass is 79.9. The molecular formula is C20H21BrF4N2O. The maximum absolute atomic E-state index is 14.2. The number of aryl methyl sites for hydroxylation is 1. The van der Waals surface area contributed by atoms with Crippen LogP contribution in [0.15, 0.2) is 39.7 Å². The standard InChI is InChI=1S/C20H21BrF4N2O/c1-13(16-10-15(21)5-6-18(16)22)27-12-14(4-2-7-26-8-3-9-26)17(11-19(27)28)20(23,24)25/h5-6,10-13H,2-4,7-9H2,1H3. The number of pyridine rings is 1. The molecule has 1 saturated heterocycles. The minimum atomic E-state index is -4.60. The lowest BCUT2D eigenvalue weighted by atomic mass is 10.0. The molecule has 0 spiro atoms. The molecule has 1 fully saturated rings. The van der Waals surface area contributed by atoms with Crippen molar-refractivity contribution in [2.24, 2.45) is 0 Å². The molecule has 0 bridgehead atoms. The summed E-state index contributed by atoms with van der Waals surface area (Å²) in [6.07, 6.45) is -1.46. The Morgan fingerprint density at radius 2 is 1.93 bits per heavy atom. The van der Waals surface area contributed by atoms with E-state index in [-0.39, 0.29) is 17.5 Å². The van der Waals surface area contributed by atoms with E-state index in [2.05, 4.69) is 20.8 Å². The number of hydrogen-bond donors (Lipinski definition) is 0. The number of likely N-dealkylation sites (tertiary alicyclic amines) is 1. The molecule has 0 radical (unpaired) electrons. The zero-order valence-corrected chi connectivity index (χ0v) is 17.0. The van der Waals surface area contributed by atoms with Gasteiger partial charge in [-0.25, -0.2) is 4.39 Å².